The van der Waals surface area contributed by atoms with E-state index in [0.717, 1.165) is 37.6 Å². The second-order valence-electron chi connectivity index (χ2n) is 6.88. The highest BCUT2D eigenvalue weighted by Crippen LogP contribution is 2.30. The summed E-state index contributed by atoms with van der Waals surface area (Å²) in [5.41, 5.74) is 2.80. The van der Waals surface area contributed by atoms with Gasteiger partial charge in [0.25, 0.3) is 0 Å². The topological polar surface area (TPSA) is 52.8 Å². The lowest BCUT2D eigenvalue weighted by Crippen LogP contribution is -2.41. The molecule has 5 nitrogen and oxygen atoms in total. The lowest BCUT2D eigenvalue weighted by Gasteiger charge is -2.33. The largest absolute Gasteiger partial charge is 0.467 e. The van der Waals surface area contributed by atoms with Crippen LogP contribution in [0.15, 0.2) is 52.2 Å². The Kier molecular flexibility index (Phi) is 7.27. The van der Waals surface area contributed by atoms with Crippen molar-refractivity contribution in [1.82, 2.24) is 15.6 Å². The first kappa shape index (κ1) is 21.3. The number of likely N-dealkylation sites (tertiary alicyclic amines) is 1. The Balaban J connectivity index is 1.54. The minimum atomic E-state index is -4.33. The number of hydrazone groups is 1. The van der Waals surface area contributed by atoms with Crippen molar-refractivity contribution in [3.63, 3.8) is 0 Å². The van der Waals surface area contributed by atoms with Crippen LogP contribution in [0, 0.1) is 0 Å². The van der Waals surface area contributed by atoms with Gasteiger partial charge in [0.05, 0.1) is 18.4 Å². The number of halogens is 3. The molecule has 0 spiro atoms. The van der Waals surface area contributed by atoms with Gasteiger partial charge in [0.2, 0.25) is 0 Å². The minimum absolute atomic E-state index is 0.0404. The summed E-state index contributed by atoms with van der Waals surface area (Å²) < 4.78 is 44.1. The molecule has 0 saturated carbocycles. The standard InChI is InChI=1S/C20H23F3N4OS/c21-20(22,23)16-6-3-5-15(11-16)14-27-9-2-1-7-17(27)12-25-26-19(29)24-13-18-8-4-10-28-18/h3-6,8,10-12,17H,1-2,7,9,13-14H2,(H2,24,26,29)/b25-12+. The summed E-state index contributed by atoms with van der Waals surface area (Å²) in [6, 6.07) is 9.17. The first-order valence-corrected chi connectivity index (χ1v) is 9.82. The van der Waals surface area contributed by atoms with Crippen molar-refractivity contribution in [2.75, 3.05) is 6.54 Å². The van der Waals surface area contributed by atoms with Gasteiger partial charge in [-0.3, -0.25) is 10.3 Å². The van der Waals surface area contributed by atoms with Crippen molar-refractivity contribution in [3.05, 3.63) is 59.5 Å². The summed E-state index contributed by atoms with van der Waals surface area (Å²) >= 11 is 5.18. The Morgan fingerprint density at radius 1 is 1.28 bits per heavy atom. The summed E-state index contributed by atoms with van der Waals surface area (Å²) in [4.78, 5) is 2.14. The number of nitrogens with one attached hydrogen (secondary N) is 2. The molecule has 1 atom stereocenters. The number of rotatable bonds is 6. The number of nitrogens with zero attached hydrogens (tertiary/aromatic N) is 2. The van der Waals surface area contributed by atoms with E-state index in [1.807, 2.05) is 6.07 Å². The second-order valence-corrected chi connectivity index (χ2v) is 7.29. The number of hydrogen-bond acceptors (Lipinski definition) is 4. The molecule has 0 bridgehead atoms. The third-order valence-corrected chi connectivity index (χ3v) is 4.96. The maximum Gasteiger partial charge on any atom is 0.416 e. The van der Waals surface area contributed by atoms with E-state index in [1.54, 1.807) is 24.6 Å². The Bertz CT molecular complexity index is 823. The Hall–Kier alpha value is -2.39. The predicted molar refractivity (Wildman–Crippen MR) is 109 cm³/mol. The van der Waals surface area contributed by atoms with Crippen molar-refractivity contribution in [2.24, 2.45) is 5.10 Å². The van der Waals surface area contributed by atoms with Crippen molar-refractivity contribution in [3.8, 4) is 0 Å². The van der Waals surface area contributed by atoms with Crippen molar-refractivity contribution < 1.29 is 17.6 Å². The van der Waals surface area contributed by atoms with E-state index in [-0.39, 0.29) is 6.04 Å². The Morgan fingerprint density at radius 2 is 2.14 bits per heavy atom. The molecule has 1 unspecified atom stereocenters. The van der Waals surface area contributed by atoms with Crippen molar-refractivity contribution in [2.45, 2.75) is 44.6 Å². The van der Waals surface area contributed by atoms with E-state index < -0.39 is 11.7 Å². The molecule has 1 aromatic heterocycles. The third-order valence-electron chi connectivity index (χ3n) is 4.72. The number of benzene rings is 1. The highest BCUT2D eigenvalue weighted by Gasteiger charge is 2.30. The van der Waals surface area contributed by atoms with Crippen LogP contribution < -0.4 is 10.7 Å². The zero-order valence-corrected chi connectivity index (χ0v) is 16.6. The molecule has 1 fully saturated rings. The SMILES string of the molecule is FC(F)(F)c1cccc(CN2CCCCC2/C=N/NC(=S)NCc2ccco2)c1. The van der Waals surface area contributed by atoms with Crippen LogP contribution in [0.2, 0.25) is 0 Å². The molecule has 156 valence electrons. The number of piperidine rings is 1. The van der Waals surface area contributed by atoms with Gasteiger partial charge in [-0.05, 0) is 55.4 Å². The molecule has 9 heteroatoms. The molecule has 3 rings (SSSR count). The minimum Gasteiger partial charge on any atom is -0.467 e. The third kappa shape index (κ3) is 6.57. The summed E-state index contributed by atoms with van der Waals surface area (Å²) in [5.74, 6) is 0.762. The lowest BCUT2D eigenvalue weighted by molar-refractivity contribution is -0.137. The van der Waals surface area contributed by atoms with Crippen LogP contribution in [-0.2, 0) is 19.3 Å². The molecule has 1 saturated heterocycles. The fourth-order valence-corrected chi connectivity index (χ4v) is 3.39. The summed E-state index contributed by atoms with van der Waals surface area (Å²) in [7, 11) is 0. The zero-order valence-electron chi connectivity index (χ0n) is 15.8. The van der Waals surface area contributed by atoms with E-state index >= 15 is 0 Å². The van der Waals surface area contributed by atoms with Crippen LogP contribution in [-0.4, -0.2) is 28.8 Å². The molecular formula is C20H23F3N4OS. The lowest BCUT2D eigenvalue weighted by atomic mass is 10.0. The van der Waals surface area contributed by atoms with Gasteiger partial charge >= 0.3 is 6.18 Å². The monoisotopic (exact) mass is 424 g/mol. The van der Waals surface area contributed by atoms with Crippen molar-refractivity contribution in [1.29, 1.82) is 0 Å². The molecule has 2 aromatic rings. The average Bonchev–Trinajstić information content (AvgIpc) is 3.21. The molecule has 29 heavy (non-hydrogen) atoms. The van der Waals surface area contributed by atoms with E-state index in [9.17, 15) is 13.2 Å². The highest BCUT2D eigenvalue weighted by atomic mass is 32.1. The fraction of sp³-hybridized carbons (Fsp3) is 0.400. The zero-order chi connectivity index (χ0) is 20.7. The van der Waals surface area contributed by atoms with Crippen LogP contribution in [0.5, 0.6) is 0 Å². The van der Waals surface area contributed by atoms with Crippen LogP contribution in [0.25, 0.3) is 0 Å². The van der Waals surface area contributed by atoms with Crippen LogP contribution >= 0.6 is 12.2 Å². The molecule has 0 aliphatic carbocycles. The second kappa shape index (κ2) is 9.89. The van der Waals surface area contributed by atoms with E-state index in [2.05, 4.69) is 20.7 Å². The summed E-state index contributed by atoms with van der Waals surface area (Å²) in [6.07, 6.45) is 2.00. The van der Waals surface area contributed by atoms with Gasteiger partial charge in [0.15, 0.2) is 5.11 Å². The molecule has 1 aliphatic rings. The quantitative estimate of drug-likeness (QED) is 0.411. The van der Waals surface area contributed by atoms with Gasteiger partial charge in [0.1, 0.15) is 5.76 Å². The fourth-order valence-electron chi connectivity index (χ4n) is 3.26. The summed E-state index contributed by atoms with van der Waals surface area (Å²) in [5, 5.41) is 7.57. The highest BCUT2D eigenvalue weighted by molar-refractivity contribution is 7.80. The number of thiocarbonyl (C=S) groups is 1. The molecule has 1 aromatic carbocycles. The van der Waals surface area contributed by atoms with Gasteiger partial charge in [0, 0.05) is 18.8 Å². The molecule has 1 aliphatic heterocycles. The molecule has 2 N–H and O–H groups in total. The number of alkyl halides is 3. The van der Waals surface area contributed by atoms with E-state index in [1.165, 1.54) is 12.1 Å². The number of furan rings is 1. The van der Waals surface area contributed by atoms with Crippen LogP contribution in [0.1, 0.15) is 36.1 Å². The average molecular weight is 424 g/mol. The number of hydrogen-bond donors (Lipinski definition) is 2. The Morgan fingerprint density at radius 3 is 2.90 bits per heavy atom. The Labute approximate surface area is 173 Å². The van der Waals surface area contributed by atoms with E-state index in [0.29, 0.717) is 23.8 Å². The van der Waals surface area contributed by atoms with E-state index in [4.69, 9.17) is 16.6 Å². The van der Waals surface area contributed by atoms with Gasteiger partial charge in [-0.15, -0.1) is 0 Å². The molecular weight excluding hydrogens is 401 g/mol. The smallest absolute Gasteiger partial charge is 0.416 e. The summed E-state index contributed by atoms with van der Waals surface area (Å²) in [6.45, 7) is 1.72. The van der Waals surface area contributed by atoms with Crippen LogP contribution in [0.4, 0.5) is 13.2 Å². The van der Waals surface area contributed by atoms with Crippen molar-refractivity contribution >= 4 is 23.5 Å². The normalized spacial score (nSPS) is 18.1. The maximum absolute atomic E-state index is 13.0. The van der Waals surface area contributed by atoms with Gasteiger partial charge in [-0.2, -0.15) is 18.3 Å². The molecule has 0 radical (unpaired) electrons. The maximum atomic E-state index is 13.0. The first-order valence-electron chi connectivity index (χ1n) is 9.41. The van der Waals surface area contributed by atoms with Gasteiger partial charge in [-0.25, -0.2) is 0 Å². The molecule has 2 heterocycles. The van der Waals surface area contributed by atoms with Gasteiger partial charge < -0.3 is 9.73 Å². The van der Waals surface area contributed by atoms with Crippen LogP contribution in [0.3, 0.4) is 0 Å². The first-order chi connectivity index (χ1) is 13.9. The molecule has 0 amide bonds. The predicted octanol–water partition coefficient (Wildman–Crippen LogP) is 4.30. The van der Waals surface area contributed by atoms with Gasteiger partial charge in [-0.1, -0.05) is 24.6 Å².